The molecule has 0 spiro atoms. The van der Waals surface area contributed by atoms with E-state index in [0.717, 1.165) is 11.1 Å². The third-order valence-electron chi connectivity index (χ3n) is 4.79. The lowest BCUT2D eigenvalue weighted by Gasteiger charge is -2.21. The van der Waals surface area contributed by atoms with Gasteiger partial charge in [0, 0.05) is 12.0 Å². The summed E-state index contributed by atoms with van der Waals surface area (Å²) in [7, 11) is 1.46. The first-order chi connectivity index (χ1) is 14.2. The minimum atomic E-state index is -0.460. The summed E-state index contributed by atoms with van der Waals surface area (Å²) >= 11 is 0. The molecule has 1 atom stereocenters. The molecule has 1 amide bonds. The van der Waals surface area contributed by atoms with E-state index < -0.39 is 6.04 Å². The number of likely N-dealkylation sites (tertiary alicyclic amines) is 1. The van der Waals surface area contributed by atoms with Crippen LogP contribution in [0.5, 0.6) is 0 Å². The predicted octanol–water partition coefficient (Wildman–Crippen LogP) is 2.82. The zero-order valence-corrected chi connectivity index (χ0v) is 15.9. The normalized spacial score (nSPS) is 17.7. The zero-order valence-electron chi connectivity index (χ0n) is 15.9. The Morgan fingerprint density at radius 3 is 2.59 bits per heavy atom. The van der Waals surface area contributed by atoms with Gasteiger partial charge in [0.2, 0.25) is 5.89 Å². The van der Waals surface area contributed by atoms with Crippen molar-refractivity contribution < 1.29 is 19.3 Å². The second-order valence-electron chi connectivity index (χ2n) is 6.64. The smallest absolute Gasteiger partial charge is 0.254 e. The van der Waals surface area contributed by atoms with Crippen molar-refractivity contribution >= 4 is 11.6 Å². The molecule has 2 heterocycles. The Morgan fingerprint density at radius 1 is 1.21 bits per heavy atom. The van der Waals surface area contributed by atoms with Gasteiger partial charge in [-0.1, -0.05) is 52.8 Å². The Bertz CT molecular complexity index is 1010. The van der Waals surface area contributed by atoms with Gasteiger partial charge in [-0.05, 0) is 23.3 Å². The average Bonchev–Trinajstić information content (AvgIpc) is 3.41. The number of rotatable bonds is 5. The van der Waals surface area contributed by atoms with E-state index in [9.17, 15) is 9.90 Å². The molecule has 8 heteroatoms. The Labute approximate surface area is 167 Å². The quantitative estimate of drug-likeness (QED) is 0.670. The molecule has 4 rings (SSSR count). The molecule has 1 N–H and O–H groups in total. The Balaban J connectivity index is 1.60. The standard InChI is InChI=1S/C21H20N4O4/c1-28-23-17-11-18(20-22-19(13-26)24-29-20)25(12-17)21(27)16-9-7-15(8-10-16)14-5-3-2-4-6-14/h2-10,18,26H,11-13H2,1H3/b23-17+/t18-/m0/s1. The van der Waals surface area contributed by atoms with Crippen molar-refractivity contribution in [2.75, 3.05) is 13.7 Å². The number of amides is 1. The number of hydrogen-bond donors (Lipinski definition) is 1. The summed E-state index contributed by atoms with van der Waals surface area (Å²) in [4.78, 5) is 23.9. The van der Waals surface area contributed by atoms with Gasteiger partial charge < -0.3 is 19.4 Å². The molecule has 0 unspecified atom stereocenters. The summed E-state index contributed by atoms with van der Waals surface area (Å²) in [5.74, 6) is 0.279. The lowest BCUT2D eigenvalue weighted by atomic mass is 10.0. The Hall–Kier alpha value is -3.52. The molecule has 0 aliphatic carbocycles. The van der Waals surface area contributed by atoms with Crippen molar-refractivity contribution in [3.05, 3.63) is 71.9 Å². The number of aliphatic hydroxyl groups is 1. The summed E-state index contributed by atoms with van der Waals surface area (Å²) in [6, 6.07) is 17.0. The van der Waals surface area contributed by atoms with Gasteiger partial charge in [-0.3, -0.25) is 4.79 Å². The van der Waals surface area contributed by atoms with Crippen molar-refractivity contribution in [2.45, 2.75) is 19.1 Å². The molecule has 29 heavy (non-hydrogen) atoms. The van der Waals surface area contributed by atoms with Gasteiger partial charge in [-0.2, -0.15) is 4.98 Å². The first kappa shape index (κ1) is 18.8. The summed E-state index contributed by atoms with van der Waals surface area (Å²) in [6.07, 6.45) is 0.425. The highest BCUT2D eigenvalue weighted by Crippen LogP contribution is 2.31. The Kier molecular flexibility index (Phi) is 5.35. The van der Waals surface area contributed by atoms with Gasteiger partial charge in [0.25, 0.3) is 5.91 Å². The molecule has 0 radical (unpaired) electrons. The number of carbonyl (C=O) groups excluding carboxylic acids is 1. The third kappa shape index (κ3) is 3.88. The maximum atomic E-state index is 13.2. The highest BCUT2D eigenvalue weighted by Gasteiger charge is 2.38. The van der Waals surface area contributed by atoms with Gasteiger partial charge in [-0.25, -0.2) is 0 Å². The molecule has 0 bridgehead atoms. The molecular formula is C21H20N4O4. The molecular weight excluding hydrogens is 372 g/mol. The zero-order chi connectivity index (χ0) is 20.2. The highest BCUT2D eigenvalue weighted by molar-refractivity contribution is 6.00. The van der Waals surface area contributed by atoms with Gasteiger partial charge in [0.05, 0.1) is 12.3 Å². The van der Waals surface area contributed by atoms with E-state index in [0.29, 0.717) is 24.2 Å². The van der Waals surface area contributed by atoms with Crippen LogP contribution < -0.4 is 0 Å². The van der Waals surface area contributed by atoms with Gasteiger partial charge in [-0.15, -0.1) is 0 Å². The number of carbonyl (C=O) groups is 1. The highest BCUT2D eigenvalue weighted by atomic mass is 16.6. The first-order valence-corrected chi connectivity index (χ1v) is 9.18. The molecule has 148 valence electrons. The first-order valence-electron chi connectivity index (χ1n) is 9.18. The lowest BCUT2D eigenvalue weighted by molar-refractivity contribution is 0.0713. The third-order valence-corrected chi connectivity index (χ3v) is 4.79. The van der Waals surface area contributed by atoms with E-state index in [1.54, 1.807) is 17.0 Å². The second-order valence-corrected chi connectivity index (χ2v) is 6.64. The summed E-state index contributed by atoms with van der Waals surface area (Å²) in [6.45, 7) is -0.0290. The number of aromatic nitrogens is 2. The van der Waals surface area contributed by atoms with E-state index in [-0.39, 0.29) is 24.2 Å². The number of aliphatic hydroxyl groups excluding tert-OH is 1. The van der Waals surface area contributed by atoms with Crippen LogP contribution in [0.1, 0.15) is 34.5 Å². The van der Waals surface area contributed by atoms with E-state index in [1.165, 1.54) is 7.11 Å². The van der Waals surface area contributed by atoms with Crippen LogP contribution >= 0.6 is 0 Å². The van der Waals surface area contributed by atoms with E-state index in [1.807, 2.05) is 42.5 Å². The molecule has 3 aromatic rings. The minimum Gasteiger partial charge on any atom is -0.399 e. The predicted molar refractivity (Wildman–Crippen MR) is 105 cm³/mol. The Morgan fingerprint density at radius 2 is 1.93 bits per heavy atom. The largest absolute Gasteiger partial charge is 0.399 e. The van der Waals surface area contributed by atoms with Crippen LogP contribution in [-0.2, 0) is 11.4 Å². The fraction of sp³-hybridized carbons (Fsp3) is 0.238. The van der Waals surface area contributed by atoms with Crippen molar-refractivity contribution in [1.29, 1.82) is 0 Å². The van der Waals surface area contributed by atoms with Crippen molar-refractivity contribution in [3.63, 3.8) is 0 Å². The molecule has 8 nitrogen and oxygen atoms in total. The number of hydrogen-bond acceptors (Lipinski definition) is 7. The molecule has 0 saturated carbocycles. The number of benzene rings is 2. The average molecular weight is 392 g/mol. The topological polar surface area (TPSA) is 101 Å². The fourth-order valence-electron chi connectivity index (χ4n) is 3.40. The number of nitrogens with zero attached hydrogens (tertiary/aromatic N) is 4. The molecule has 1 aromatic heterocycles. The van der Waals surface area contributed by atoms with Gasteiger partial charge in [0.1, 0.15) is 19.8 Å². The maximum Gasteiger partial charge on any atom is 0.254 e. The molecule has 1 fully saturated rings. The van der Waals surface area contributed by atoms with Gasteiger partial charge >= 0.3 is 0 Å². The minimum absolute atomic E-state index is 0.167. The molecule has 1 saturated heterocycles. The summed E-state index contributed by atoms with van der Waals surface area (Å²) < 4.78 is 5.25. The number of oxime groups is 1. The van der Waals surface area contributed by atoms with Crippen LogP contribution in [0.2, 0.25) is 0 Å². The van der Waals surface area contributed by atoms with Crippen LogP contribution in [0.25, 0.3) is 11.1 Å². The van der Waals surface area contributed by atoms with Crippen LogP contribution in [0.3, 0.4) is 0 Å². The van der Waals surface area contributed by atoms with E-state index in [2.05, 4.69) is 15.3 Å². The SMILES string of the molecule is CO/N=C1\C[C@@H](c2nc(CO)no2)N(C(=O)c2ccc(-c3ccccc3)cc2)C1. The van der Waals surface area contributed by atoms with Crippen molar-refractivity contribution in [3.8, 4) is 11.1 Å². The van der Waals surface area contributed by atoms with Crippen LogP contribution in [0.4, 0.5) is 0 Å². The van der Waals surface area contributed by atoms with Gasteiger partial charge in [0.15, 0.2) is 5.82 Å². The van der Waals surface area contributed by atoms with Crippen LogP contribution in [0, 0.1) is 0 Å². The molecule has 2 aromatic carbocycles. The molecule has 1 aliphatic rings. The van der Waals surface area contributed by atoms with Crippen molar-refractivity contribution in [2.24, 2.45) is 5.16 Å². The monoisotopic (exact) mass is 392 g/mol. The molecule has 1 aliphatic heterocycles. The van der Waals surface area contributed by atoms with Crippen LogP contribution in [0.15, 0.2) is 64.3 Å². The second kappa shape index (κ2) is 8.24. The summed E-state index contributed by atoms with van der Waals surface area (Å²) in [5, 5.41) is 16.9. The summed E-state index contributed by atoms with van der Waals surface area (Å²) in [5.41, 5.74) is 3.37. The maximum absolute atomic E-state index is 13.2. The van der Waals surface area contributed by atoms with E-state index in [4.69, 9.17) is 9.36 Å². The van der Waals surface area contributed by atoms with E-state index >= 15 is 0 Å². The van der Waals surface area contributed by atoms with Crippen molar-refractivity contribution in [1.82, 2.24) is 15.0 Å². The fourth-order valence-corrected chi connectivity index (χ4v) is 3.40. The van der Waals surface area contributed by atoms with Crippen LogP contribution in [-0.4, -0.2) is 45.4 Å². The lowest BCUT2D eigenvalue weighted by Crippen LogP contribution is -2.31.